The fourth-order valence-electron chi connectivity index (χ4n) is 2.12. The van der Waals surface area contributed by atoms with E-state index in [2.05, 4.69) is 27.0 Å². The number of fused-ring (bicyclic) bond motifs is 3. The summed E-state index contributed by atoms with van der Waals surface area (Å²) in [6.45, 7) is 2.05. The molecule has 84 valence electrons. The van der Waals surface area contributed by atoms with E-state index in [1.807, 2.05) is 37.3 Å². The summed E-state index contributed by atoms with van der Waals surface area (Å²) in [4.78, 5) is 14.8. The molecular formula is C14H10BrNO. The Morgan fingerprint density at radius 3 is 2.65 bits per heavy atom. The summed E-state index contributed by atoms with van der Waals surface area (Å²) in [6, 6.07) is 11.8. The first-order valence-electron chi connectivity index (χ1n) is 5.37. The second-order valence-corrected chi connectivity index (χ2v) is 5.11. The molecule has 3 heteroatoms. The van der Waals surface area contributed by atoms with Gasteiger partial charge < -0.3 is 4.98 Å². The molecule has 17 heavy (non-hydrogen) atoms. The number of halogens is 1. The van der Waals surface area contributed by atoms with Crippen LogP contribution >= 0.6 is 15.9 Å². The number of aromatic amines is 1. The molecule has 0 aliphatic carbocycles. The highest BCUT2D eigenvalue weighted by Gasteiger charge is 2.05. The molecule has 3 rings (SSSR count). The number of H-pyrrole nitrogens is 1. The van der Waals surface area contributed by atoms with E-state index in [1.165, 1.54) is 5.56 Å². The van der Waals surface area contributed by atoms with Crippen molar-refractivity contribution in [3.63, 3.8) is 0 Å². The van der Waals surface area contributed by atoms with Crippen LogP contribution in [0.3, 0.4) is 0 Å². The number of benzene rings is 2. The van der Waals surface area contributed by atoms with Crippen LogP contribution in [0, 0.1) is 6.92 Å². The lowest BCUT2D eigenvalue weighted by Crippen LogP contribution is -2.06. The molecule has 0 atom stereocenters. The molecule has 1 N–H and O–H groups in total. The summed E-state index contributed by atoms with van der Waals surface area (Å²) in [7, 11) is 0. The van der Waals surface area contributed by atoms with Gasteiger partial charge in [0.05, 0.1) is 0 Å². The minimum Gasteiger partial charge on any atom is -0.321 e. The molecule has 1 heterocycles. The van der Waals surface area contributed by atoms with Gasteiger partial charge in [0.2, 0.25) is 0 Å². The Hall–Kier alpha value is -1.61. The Balaban J connectivity index is 2.64. The van der Waals surface area contributed by atoms with E-state index in [0.29, 0.717) is 0 Å². The highest BCUT2D eigenvalue weighted by atomic mass is 79.9. The normalized spacial score (nSPS) is 11.2. The Kier molecular flexibility index (Phi) is 2.30. The Morgan fingerprint density at radius 1 is 1.00 bits per heavy atom. The average molecular weight is 288 g/mol. The van der Waals surface area contributed by atoms with E-state index in [9.17, 15) is 4.79 Å². The molecule has 0 unspecified atom stereocenters. The number of nitrogens with one attached hydrogen (secondary N) is 1. The third kappa shape index (κ3) is 1.67. The number of hydrogen-bond donors (Lipinski definition) is 1. The minimum absolute atomic E-state index is 0.0381. The Labute approximate surface area is 106 Å². The van der Waals surface area contributed by atoms with Crippen LogP contribution in [0.5, 0.6) is 0 Å². The Bertz CT molecular complexity index is 789. The molecule has 2 nitrogen and oxygen atoms in total. The zero-order valence-electron chi connectivity index (χ0n) is 9.25. The van der Waals surface area contributed by atoms with E-state index in [0.717, 1.165) is 26.1 Å². The first kappa shape index (κ1) is 10.5. The lowest BCUT2D eigenvalue weighted by molar-refractivity contribution is 1.34. The largest absolute Gasteiger partial charge is 0.321 e. The smallest absolute Gasteiger partial charge is 0.256 e. The molecule has 0 saturated heterocycles. The fraction of sp³-hybridized carbons (Fsp3) is 0.0714. The van der Waals surface area contributed by atoms with E-state index < -0.39 is 0 Å². The minimum atomic E-state index is -0.0381. The highest BCUT2D eigenvalue weighted by Crippen LogP contribution is 2.25. The maximum Gasteiger partial charge on any atom is 0.256 e. The van der Waals surface area contributed by atoms with E-state index in [-0.39, 0.29) is 5.56 Å². The van der Waals surface area contributed by atoms with E-state index >= 15 is 0 Å². The van der Waals surface area contributed by atoms with Gasteiger partial charge in [0.25, 0.3) is 5.56 Å². The van der Waals surface area contributed by atoms with Gasteiger partial charge in [-0.1, -0.05) is 27.6 Å². The average Bonchev–Trinajstić information content (AvgIpc) is 2.30. The third-order valence-electron chi connectivity index (χ3n) is 2.94. The Morgan fingerprint density at radius 2 is 1.82 bits per heavy atom. The zero-order valence-corrected chi connectivity index (χ0v) is 10.8. The molecule has 0 amide bonds. The van der Waals surface area contributed by atoms with E-state index in [1.54, 1.807) is 0 Å². The second-order valence-electron chi connectivity index (χ2n) is 4.19. The van der Waals surface area contributed by atoms with Gasteiger partial charge in [-0.05, 0) is 42.6 Å². The van der Waals surface area contributed by atoms with Crippen LogP contribution in [0.2, 0.25) is 0 Å². The van der Waals surface area contributed by atoms with Crippen molar-refractivity contribution in [2.75, 3.05) is 0 Å². The van der Waals surface area contributed by atoms with Gasteiger partial charge in [-0.2, -0.15) is 0 Å². The quantitative estimate of drug-likeness (QED) is 0.628. The van der Waals surface area contributed by atoms with Crippen molar-refractivity contribution in [2.24, 2.45) is 0 Å². The first-order chi connectivity index (χ1) is 8.15. The number of rotatable bonds is 0. The van der Waals surface area contributed by atoms with Crippen molar-refractivity contribution in [3.05, 3.63) is 56.8 Å². The van der Waals surface area contributed by atoms with Crippen LogP contribution in [0.1, 0.15) is 5.56 Å². The summed E-state index contributed by atoms with van der Waals surface area (Å²) in [5.41, 5.74) is 2.03. The summed E-state index contributed by atoms with van der Waals surface area (Å²) in [5, 5.41) is 2.80. The van der Waals surface area contributed by atoms with Gasteiger partial charge in [-0.25, -0.2) is 0 Å². The topological polar surface area (TPSA) is 32.9 Å². The van der Waals surface area contributed by atoms with Crippen LogP contribution in [0.4, 0.5) is 0 Å². The van der Waals surface area contributed by atoms with E-state index in [4.69, 9.17) is 0 Å². The van der Waals surface area contributed by atoms with Gasteiger partial charge >= 0.3 is 0 Å². The molecule has 1 aromatic heterocycles. The summed E-state index contributed by atoms with van der Waals surface area (Å²) < 4.78 is 0.985. The maximum absolute atomic E-state index is 11.9. The monoisotopic (exact) mass is 287 g/mol. The summed E-state index contributed by atoms with van der Waals surface area (Å²) >= 11 is 3.45. The molecule has 0 saturated carbocycles. The lowest BCUT2D eigenvalue weighted by atomic mass is 10.0. The maximum atomic E-state index is 11.9. The predicted octanol–water partition coefficient (Wildman–Crippen LogP) is 3.75. The van der Waals surface area contributed by atoms with Crippen LogP contribution in [0.25, 0.3) is 21.7 Å². The van der Waals surface area contributed by atoms with Crippen LogP contribution < -0.4 is 5.56 Å². The van der Waals surface area contributed by atoms with Crippen molar-refractivity contribution in [3.8, 4) is 0 Å². The number of pyridine rings is 1. The molecule has 0 radical (unpaired) electrons. The molecule has 3 aromatic rings. The highest BCUT2D eigenvalue weighted by molar-refractivity contribution is 9.10. The van der Waals surface area contributed by atoms with Gasteiger partial charge in [-0.15, -0.1) is 0 Å². The van der Waals surface area contributed by atoms with Crippen molar-refractivity contribution < 1.29 is 0 Å². The summed E-state index contributed by atoms with van der Waals surface area (Å²) in [5.74, 6) is 0. The van der Waals surface area contributed by atoms with Gasteiger partial charge in [0.1, 0.15) is 0 Å². The van der Waals surface area contributed by atoms with Gasteiger partial charge in [0.15, 0.2) is 0 Å². The zero-order chi connectivity index (χ0) is 12.0. The van der Waals surface area contributed by atoms with Crippen LogP contribution in [-0.4, -0.2) is 4.98 Å². The van der Waals surface area contributed by atoms with Gasteiger partial charge in [0, 0.05) is 20.8 Å². The molecule has 0 aliphatic rings. The molecule has 0 bridgehead atoms. The molecule has 0 aliphatic heterocycles. The number of hydrogen-bond acceptors (Lipinski definition) is 1. The number of aromatic nitrogens is 1. The van der Waals surface area contributed by atoms with Crippen molar-refractivity contribution in [2.45, 2.75) is 6.92 Å². The molecular weight excluding hydrogens is 278 g/mol. The third-order valence-corrected chi connectivity index (χ3v) is 3.43. The SMILES string of the molecule is Cc1ccc2[nH]c(=O)c3ccc(Br)cc3c2c1. The second kappa shape index (κ2) is 3.70. The molecule has 0 spiro atoms. The van der Waals surface area contributed by atoms with Crippen molar-refractivity contribution in [1.82, 2.24) is 4.98 Å². The van der Waals surface area contributed by atoms with Crippen LogP contribution in [-0.2, 0) is 0 Å². The predicted molar refractivity (Wildman–Crippen MR) is 74.5 cm³/mol. The fourth-order valence-corrected chi connectivity index (χ4v) is 2.48. The van der Waals surface area contributed by atoms with Crippen LogP contribution in [0.15, 0.2) is 45.7 Å². The molecule has 2 aromatic carbocycles. The van der Waals surface area contributed by atoms with Gasteiger partial charge in [-0.3, -0.25) is 4.79 Å². The standard InChI is InChI=1S/C14H10BrNO/c1-8-2-5-13-12(6-8)11-7-9(15)3-4-10(11)14(17)16-13/h2-7H,1H3,(H,16,17). The van der Waals surface area contributed by atoms with Crippen molar-refractivity contribution >= 4 is 37.6 Å². The van der Waals surface area contributed by atoms with Crippen molar-refractivity contribution in [1.29, 1.82) is 0 Å². The number of aryl methyl sites for hydroxylation is 1. The molecule has 0 fully saturated rings. The first-order valence-corrected chi connectivity index (χ1v) is 6.16. The summed E-state index contributed by atoms with van der Waals surface area (Å²) in [6.07, 6.45) is 0. The lowest BCUT2D eigenvalue weighted by Gasteiger charge is -2.05.